The van der Waals surface area contributed by atoms with E-state index >= 15 is 0 Å². The van der Waals surface area contributed by atoms with Crippen LogP contribution in [0.5, 0.6) is 0 Å². The summed E-state index contributed by atoms with van der Waals surface area (Å²) < 4.78 is 2.92. The van der Waals surface area contributed by atoms with Crippen LogP contribution >= 0.6 is 11.3 Å². The minimum absolute atomic E-state index is 0.00370. The molecular formula is C74H79BN2S. The predicted molar refractivity (Wildman–Crippen MR) is 337 cm³/mol. The van der Waals surface area contributed by atoms with Crippen LogP contribution in [0.25, 0.3) is 32.3 Å². The van der Waals surface area contributed by atoms with Crippen molar-refractivity contribution in [1.29, 1.82) is 0 Å². The SMILES string of the molecule is CC(C)(C)c1ccc(N2c3cc(C(C)(C)C)cc4c3B(c3cc5c6cc3N4c3cc4c(cc3-c3cccc(c3)C6(C)CCC5(C)C)C(C)(C)CCC4(C)C)c3sc4cc5c(cc4c32)C2(C)CCC5(C)C2)c(-c2ccccc2)c1. The molecule has 3 unspecified atom stereocenters. The largest absolute Gasteiger partial charge is 0.311 e. The van der Waals surface area contributed by atoms with Crippen LogP contribution in [0.3, 0.4) is 0 Å². The Bertz CT molecular complexity index is 3960. The lowest BCUT2D eigenvalue weighted by atomic mass is 9.35. The van der Waals surface area contributed by atoms with Crippen molar-refractivity contribution in [3.8, 4) is 22.3 Å². The second-order valence-corrected chi connectivity index (χ2v) is 31.7. The first-order valence-corrected chi connectivity index (χ1v) is 30.6. The standard InChI is InChI=1S/C74H79BN2S/c1-67(2,3)45-24-25-58(48(33-45)43-20-17-16-18-21-43)77-62-35-47(68(4,5)6)34-61-64(62)75(66-65(77)50-37-54-55(41-63(50)78-66)73(14)30-29-72(54,13)42-73)57-38-52-56-40-60(57)76(61)59-39-53-51(69(7,8)26-27-70(53,9)10)36-49(59)44-22-19-23-46(32-44)74(56,15)31-28-71(52,11)12/h16-25,32-41H,26-31,42H2,1-15H3. The molecule has 2 nitrogen and oxygen atoms in total. The average molecular weight is 1040 g/mol. The van der Waals surface area contributed by atoms with Gasteiger partial charge in [0.2, 0.25) is 0 Å². The molecule has 7 aromatic carbocycles. The maximum atomic E-state index is 2.83. The van der Waals surface area contributed by atoms with E-state index < -0.39 is 0 Å². The Labute approximate surface area is 470 Å². The third-order valence-electron chi connectivity index (χ3n) is 21.9. The second kappa shape index (κ2) is 15.3. The van der Waals surface area contributed by atoms with Gasteiger partial charge in [0.1, 0.15) is 0 Å². The molecule has 78 heavy (non-hydrogen) atoms. The Hall–Kier alpha value is -5.84. The van der Waals surface area contributed by atoms with Gasteiger partial charge >= 0.3 is 0 Å². The van der Waals surface area contributed by atoms with Crippen molar-refractivity contribution in [3.63, 3.8) is 0 Å². The summed E-state index contributed by atoms with van der Waals surface area (Å²) in [5.41, 5.74) is 29.6. The molecule has 0 radical (unpaired) electrons. The van der Waals surface area contributed by atoms with Crippen molar-refractivity contribution in [2.45, 2.75) is 192 Å². The molecule has 4 heteroatoms. The van der Waals surface area contributed by atoms with E-state index in [-0.39, 0.29) is 50.0 Å². The van der Waals surface area contributed by atoms with Crippen LogP contribution in [-0.2, 0) is 43.3 Å². The first-order valence-electron chi connectivity index (χ1n) is 29.8. The van der Waals surface area contributed by atoms with Crippen LogP contribution in [0, 0.1) is 0 Å². The maximum absolute atomic E-state index is 2.83. The summed E-state index contributed by atoms with van der Waals surface area (Å²) in [5.74, 6) is 0. The topological polar surface area (TPSA) is 6.48 Å². The quantitative estimate of drug-likeness (QED) is 0.159. The van der Waals surface area contributed by atoms with Crippen LogP contribution < -0.4 is 25.5 Å². The molecule has 394 valence electrons. The van der Waals surface area contributed by atoms with Crippen LogP contribution in [0.15, 0.2) is 121 Å². The van der Waals surface area contributed by atoms with E-state index in [2.05, 4.69) is 246 Å². The van der Waals surface area contributed by atoms with Crippen molar-refractivity contribution < 1.29 is 0 Å². The molecule has 6 bridgehead atoms. The number of thiophene rings is 1. The molecule has 3 aliphatic heterocycles. The van der Waals surface area contributed by atoms with Gasteiger partial charge in [-0.1, -0.05) is 171 Å². The van der Waals surface area contributed by atoms with Gasteiger partial charge in [-0.2, -0.15) is 0 Å². The highest BCUT2D eigenvalue weighted by Gasteiger charge is 2.55. The zero-order chi connectivity index (χ0) is 54.4. The third-order valence-corrected chi connectivity index (χ3v) is 23.1. The van der Waals surface area contributed by atoms with Crippen molar-refractivity contribution in [1.82, 2.24) is 0 Å². The Morgan fingerprint density at radius 1 is 0.449 bits per heavy atom. The normalized spacial score (nSPS) is 24.1. The van der Waals surface area contributed by atoms with Gasteiger partial charge in [-0.15, -0.1) is 11.3 Å². The summed E-state index contributed by atoms with van der Waals surface area (Å²) in [6.07, 6.45) is 8.38. The molecule has 0 spiro atoms. The molecule has 4 aliphatic carbocycles. The molecule has 4 heterocycles. The fourth-order valence-electron chi connectivity index (χ4n) is 16.8. The summed E-state index contributed by atoms with van der Waals surface area (Å²) in [7, 11) is 0. The minimum Gasteiger partial charge on any atom is -0.311 e. The van der Waals surface area contributed by atoms with E-state index in [9.17, 15) is 0 Å². The molecule has 0 amide bonds. The molecule has 3 atom stereocenters. The van der Waals surface area contributed by atoms with Gasteiger partial charge < -0.3 is 9.80 Å². The number of fused-ring (bicyclic) bond motifs is 18. The Morgan fingerprint density at radius 2 is 1.04 bits per heavy atom. The average Bonchev–Trinajstić information content (AvgIpc) is 4.12. The van der Waals surface area contributed by atoms with Crippen molar-refractivity contribution in [3.05, 3.63) is 171 Å². The van der Waals surface area contributed by atoms with Crippen molar-refractivity contribution in [2.75, 3.05) is 9.80 Å². The van der Waals surface area contributed by atoms with Crippen LogP contribution in [0.1, 0.15) is 199 Å². The number of hydrogen-bond acceptors (Lipinski definition) is 3. The van der Waals surface area contributed by atoms with E-state index in [0.29, 0.717) is 0 Å². The highest BCUT2D eigenvalue weighted by atomic mass is 32.1. The molecule has 7 aliphatic rings. The maximum Gasteiger partial charge on any atom is 0.264 e. The van der Waals surface area contributed by atoms with Gasteiger partial charge in [0.15, 0.2) is 0 Å². The number of hydrogen-bond donors (Lipinski definition) is 0. The van der Waals surface area contributed by atoms with Gasteiger partial charge in [-0.05, 0) is 210 Å². The zero-order valence-corrected chi connectivity index (χ0v) is 50.2. The van der Waals surface area contributed by atoms with E-state index in [1.54, 1.807) is 11.1 Å². The molecule has 0 saturated heterocycles. The fraction of sp³-hybridized carbons (Fsp3) is 0.405. The lowest BCUT2D eigenvalue weighted by molar-refractivity contribution is 0.332. The van der Waals surface area contributed by atoms with Crippen LogP contribution in [0.4, 0.5) is 34.1 Å². The molecule has 0 N–H and O–H groups in total. The first-order chi connectivity index (χ1) is 36.7. The Morgan fingerprint density at radius 3 is 1.72 bits per heavy atom. The minimum atomic E-state index is -0.154. The zero-order valence-electron chi connectivity index (χ0n) is 49.4. The molecule has 1 saturated carbocycles. The number of benzene rings is 7. The Kier molecular flexibility index (Phi) is 9.68. The van der Waals surface area contributed by atoms with Gasteiger partial charge in [-0.25, -0.2) is 0 Å². The van der Waals surface area contributed by atoms with Crippen LogP contribution in [-0.4, -0.2) is 6.71 Å². The first kappa shape index (κ1) is 49.2. The van der Waals surface area contributed by atoms with E-state index in [1.165, 1.54) is 153 Å². The lowest BCUT2D eigenvalue weighted by Gasteiger charge is -2.49. The van der Waals surface area contributed by atoms with Gasteiger partial charge in [-0.3, -0.25) is 0 Å². The monoisotopic (exact) mass is 1040 g/mol. The Balaban J connectivity index is 1.14. The summed E-state index contributed by atoms with van der Waals surface area (Å²) in [6.45, 7) is 37.3. The van der Waals surface area contributed by atoms with Gasteiger partial charge in [0.05, 0.1) is 17.1 Å². The molecule has 8 aromatic rings. The summed E-state index contributed by atoms with van der Waals surface area (Å²) >= 11 is 2.11. The van der Waals surface area contributed by atoms with E-state index in [0.717, 1.165) is 12.8 Å². The molecule has 15 rings (SSSR count). The van der Waals surface area contributed by atoms with E-state index in [1.807, 2.05) is 0 Å². The number of rotatable bonds is 2. The smallest absolute Gasteiger partial charge is 0.264 e. The third kappa shape index (κ3) is 6.56. The summed E-state index contributed by atoms with van der Waals surface area (Å²) in [6, 6.07) is 50.3. The summed E-state index contributed by atoms with van der Waals surface area (Å²) in [4.78, 5) is 5.64. The fourth-order valence-corrected chi connectivity index (χ4v) is 18.1. The molecular weight excluding hydrogens is 960 g/mol. The second-order valence-electron chi connectivity index (χ2n) is 30.6. The van der Waals surface area contributed by atoms with Gasteiger partial charge in [0.25, 0.3) is 6.71 Å². The summed E-state index contributed by atoms with van der Waals surface area (Å²) in [5, 5.41) is 1.42. The predicted octanol–water partition coefficient (Wildman–Crippen LogP) is 18.7. The van der Waals surface area contributed by atoms with Crippen LogP contribution in [0.2, 0.25) is 0 Å². The lowest BCUT2D eigenvalue weighted by Crippen LogP contribution is -2.61. The molecule has 1 aromatic heterocycles. The van der Waals surface area contributed by atoms with Gasteiger partial charge in [0, 0.05) is 48.5 Å². The number of nitrogens with zero attached hydrogens (tertiary/aromatic N) is 2. The highest BCUT2D eigenvalue weighted by molar-refractivity contribution is 7.33. The highest BCUT2D eigenvalue weighted by Crippen LogP contribution is 2.63. The van der Waals surface area contributed by atoms with Crippen molar-refractivity contribution >= 4 is 78.0 Å². The van der Waals surface area contributed by atoms with E-state index in [4.69, 9.17) is 0 Å². The van der Waals surface area contributed by atoms with Crippen molar-refractivity contribution in [2.24, 2.45) is 0 Å². The molecule has 1 fully saturated rings. The number of anilines is 6.